The largest absolute Gasteiger partial charge is 0.497 e. The molecule has 32 heavy (non-hydrogen) atoms. The first-order chi connectivity index (χ1) is 15.5. The summed E-state index contributed by atoms with van der Waals surface area (Å²) in [5, 5.41) is 7.10. The molecule has 1 aliphatic carbocycles. The van der Waals surface area contributed by atoms with Gasteiger partial charge < -0.3 is 20.3 Å². The monoisotopic (exact) mass is 443 g/mol. The number of hydrogen-bond donors (Lipinski definition) is 2. The molecule has 0 radical (unpaired) electrons. The Morgan fingerprint density at radius 1 is 1.25 bits per heavy atom. The van der Waals surface area contributed by atoms with E-state index in [9.17, 15) is 4.79 Å². The second kappa shape index (κ2) is 11.5. The molecule has 7 heteroatoms. The predicted molar refractivity (Wildman–Crippen MR) is 130 cm³/mol. The maximum absolute atomic E-state index is 12.0. The van der Waals surface area contributed by atoms with E-state index in [0.29, 0.717) is 12.6 Å². The van der Waals surface area contributed by atoms with Crippen LogP contribution in [0.15, 0.2) is 29.3 Å². The first kappa shape index (κ1) is 24.4. The number of guanidine groups is 1. The van der Waals surface area contributed by atoms with Crippen LogP contribution in [0.2, 0.25) is 0 Å². The maximum Gasteiger partial charge on any atom is 0.236 e. The van der Waals surface area contributed by atoms with Crippen LogP contribution in [-0.2, 0) is 10.2 Å². The molecule has 1 amide bonds. The summed E-state index contributed by atoms with van der Waals surface area (Å²) in [7, 11) is 5.37. The van der Waals surface area contributed by atoms with Gasteiger partial charge in [0.1, 0.15) is 5.75 Å². The number of aliphatic imine (C=N–C) groups is 1. The first-order valence-corrected chi connectivity index (χ1v) is 12.1. The molecule has 0 bridgehead atoms. The highest BCUT2D eigenvalue weighted by atomic mass is 16.5. The van der Waals surface area contributed by atoms with Gasteiger partial charge in [0, 0.05) is 45.2 Å². The summed E-state index contributed by atoms with van der Waals surface area (Å²) in [5.41, 5.74) is 1.43. The standard InChI is InChI=1S/C25H41N5O2/c1-5-26-24(28-21-11-15-30(16-12-21)18-23(31)29(2)3)27-19-25(13-6-7-14-25)20-9-8-10-22(17-20)32-4/h8-10,17,21H,5-7,11-16,18-19H2,1-4H3,(H2,26,27,28). The highest BCUT2D eigenvalue weighted by molar-refractivity contribution is 5.80. The van der Waals surface area contributed by atoms with Crippen LogP contribution in [0.4, 0.5) is 0 Å². The van der Waals surface area contributed by atoms with Crippen molar-refractivity contribution in [1.29, 1.82) is 0 Å². The van der Waals surface area contributed by atoms with Gasteiger partial charge in [-0.25, -0.2) is 0 Å². The zero-order valence-electron chi connectivity index (χ0n) is 20.3. The molecule has 2 N–H and O–H groups in total. The van der Waals surface area contributed by atoms with Gasteiger partial charge in [0.05, 0.1) is 20.2 Å². The summed E-state index contributed by atoms with van der Waals surface area (Å²) in [4.78, 5) is 21.0. The molecular formula is C25H41N5O2. The third kappa shape index (κ3) is 6.37. The predicted octanol–water partition coefficient (Wildman–Crippen LogP) is 2.61. The van der Waals surface area contributed by atoms with E-state index < -0.39 is 0 Å². The first-order valence-electron chi connectivity index (χ1n) is 12.1. The summed E-state index contributed by atoms with van der Waals surface area (Å²) in [6, 6.07) is 8.91. The Morgan fingerprint density at radius 2 is 1.97 bits per heavy atom. The highest BCUT2D eigenvalue weighted by Gasteiger charge is 2.36. The molecule has 1 saturated carbocycles. The minimum Gasteiger partial charge on any atom is -0.497 e. The number of nitrogens with one attached hydrogen (secondary N) is 2. The van der Waals surface area contributed by atoms with Crippen molar-refractivity contribution in [3.63, 3.8) is 0 Å². The number of benzene rings is 1. The van der Waals surface area contributed by atoms with Gasteiger partial charge in [-0.1, -0.05) is 25.0 Å². The third-order valence-electron chi connectivity index (χ3n) is 6.91. The molecule has 1 heterocycles. The van der Waals surface area contributed by atoms with Gasteiger partial charge in [-0.3, -0.25) is 14.7 Å². The number of methoxy groups -OCH3 is 1. The summed E-state index contributed by atoms with van der Waals surface area (Å²) < 4.78 is 5.48. The van der Waals surface area contributed by atoms with Gasteiger partial charge in [0.2, 0.25) is 5.91 Å². The van der Waals surface area contributed by atoms with Gasteiger partial charge in [-0.2, -0.15) is 0 Å². The number of likely N-dealkylation sites (tertiary alicyclic amines) is 1. The average Bonchev–Trinajstić information content (AvgIpc) is 3.29. The molecule has 7 nitrogen and oxygen atoms in total. The average molecular weight is 444 g/mol. The number of likely N-dealkylation sites (N-methyl/N-ethyl adjacent to an activating group) is 1. The normalized spacial score (nSPS) is 19.6. The lowest BCUT2D eigenvalue weighted by Crippen LogP contribution is -2.50. The van der Waals surface area contributed by atoms with E-state index in [1.807, 2.05) is 20.2 Å². The van der Waals surface area contributed by atoms with Crippen molar-refractivity contribution in [2.75, 3.05) is 53.9 Å². The Labute approximate surface area is 193 Å². The lowest BCUT2D eigenvalue weighted by molar-refractivity contribution is -0.130. The number of ether oxygens (including phenoxy) is 1. The van der Waals surface area contributed by atoms with Gasteiger partial charge in [-0.05, 0) is 50.3 Å². The molecule has 1 aromatic carbocycles. The zero-order valence-corrected chi connectivity index (χ0v) is 20.3. The van der Waals surface area contributed by atoms with Gasteiger partial charge in [0.25, 0.3) is 0 Å². The fourth-order valence-electron chi connectivity index (χ4n) is 4.85. The number of hydrogen-bond acceptors (Lipinski definition) is 4. The Hall–Kier alpha value is -2.28. The van der Waals surface area contributed by atoms with Crippen LogP contribution >= 0.6 is 0 Å². The van der Waals surface area contributed by atoms with Crippen molar-refractivity contribution in [2.45, 2.75) is 56.9 Å². The quantitative estimate of drug-likeness (QED) is 0.478. The van der Waals surface area contributed by atoms with E-state index in [1.54, 1.807) is 12.0 Å². The van der Waals surface area contributed by atoms with Crippen LogP contribution in [-0.4, -0.2) is 81.6 Å². The lowest BCUT2D eigenvalue weighted by atomic mass is 9.79. The molecule has 178 valence electrons. The summed E-state index contributed by atoms with van der Waals surface area (Å²) >= 11 is 0. The highest BCUT2D eigenvalue weighted by Crippen LogP contribution is 2.42. The number of carbonyl (C=O) groups excluding carboxylic acids is 1. The molecule has 3 rings (SSSR count). The molecule has 0 unspecified atom stereocenters. The van der Waals surface area contributed by atoms with Crippen molar-refractivity contribution in [1.82, 2.24) is 20.4 Å². The van der Waals surface area contributed by atoms with Crippen LogP contribution in [0.5, 0.6) is 5.75 Å². The van der Waals surface area contributed by atoms with E-state index in [0.717, 1.165) is 50.7 Å². The summed E-state index contributed by atoms with van der Waals surface area (Å²) in [5.74, 6) is 2.00. The van der Waals surface area contributed by atoms with Crippen LogP contribution in [0.3, 0.4) is 0 Å². The second-order valence-corrected chi connectivity index (χ2v) is 9.40. The molecular weight excluding hydrogens is 402 g/mol. The van der Waals surface area contributed by atoms with E-state index in [-0.39, 0.29) is 11.3 Å². The van der Waals surface area contributed by atoms with E-state index >= 15 is 0 Å². The molecule has 0 atom stereocenters. The number of nitrogens with zero attached hydrogens (tertiary/aromatic N) is 3. The summed E-state index contributed by atoms with van der Waals surface area (Å²) in [6.45, 7) is 6.12. The van der Waals surface area contributed by atoms with Gasteiger partial charge in [-0.15, -0.1) is 0 Å². The lowest BCUT2D eigenvalue weighted by Gasteiger charge is -2.33. The Bertz CT molecular complexity index is 765. The van der Waals surface area contributed by atoms with Crippen molar-refractivity contribution in [3.05, 3.63) is 29.8 Å². The molecule has 1 saturated heterocycles. The fraction of sp³-hybridized carbons (Fsp3) is 0.680. The van der Waals surface area contributed by atoms with Gasteiger partial charge >= 0.3 is 0 Å². The number of rotatable bonds is 8. The Balaban J connectivity index is 1.62. The minimum atomic E-state index is 0.0901. The maximum atomic E-state index is 12.0. The smallest absolute Gasteiger partial charge is 0.236 e. The van der Waals surface area contributed by atoms with Crippen molar-refractivity contribution < 1.29 is 9.53 Å². The second-order valence-electron chi connectivity index (χ2n) is 9.40. The van der Waals surface area contributed by atoms with Crippen molar-refractivity contribution in [3.8, 4) is 5.75 Å². The number of piperidine rings is 1. The zero-order chi connectivity index (χ0) is 23.0. The SMILES string of the molecule is CCNC(=NCC1(c2cccc(OC)c2)CCCC1)NC1CCN(CC(=O)N(C)C)CC1. The molecule has 1 aromatic rings. The molecule has 2 fully saturated rings. The molecule has 2 aliphatic rings. The molecule has 1 aliphatic heterocycles. The van der Waals surface area contributed by atoms with E-state index in [2.05, 4.69) is 40.7 Å². The van der Waals surface area contributed by atoms with Crippen LogP contribution in [0.1, 0.15) is 51.0 Å². The van der Waals surface area contributed by atoms with Crippen molar-refractivity contribution >= 4 is 11.9 Å². The topological polar surface area (TPSA) is 69.2 Å². The molecule has 0 aromatic heterocycles. The van der Waals surface area contributed by atoms with E-state index in [4.69, 9.17) is 9.73 Å². The Morgan fingerprint density at radius 3 is 2.59 bits per heavy atom. The summed E-state index contributed by atoms with van der Waals surface area (Å²) in [6.07, 6.45) is 6.88. The van der Waals surface area contributed by atoms with Crippen molar-refractivity contribution in [2.24, 2.45) is 4.99 Å². The number of carbonyl (C=O) groups is 1. The van der Waals surface area contributed by atoms with Gasteiger partial charge in [0.15, 0.2) is 5.96 Å². The fourth-order valence-corrected chi connectivity index (χ4v) is 4.85. The molecule has 0 spiro atoms. The van der Waals surface area contributed by atoms with Crippen LogP contribution < -0.4 is 15.4 Å². The van der Waals surface area contributed by atoms with E-state index in [1.165, 1.54) is 31.2 Å². The Kier molecular flexibility index (Phi) is 8.79. The number of amides is 1. The van der Waals surface area contributed by atoms with Crippen LogP contribution in [0.25, 0.3) is 0 Å². The van der Waals surface area contributed by atoms with Crippen LogP contribution in [0, 0.1) is 0 Å². The third-order valence-corrected chi connectivity index (χ3v) is 6.91. The minimum absolute atomic E-state index is 0.0901.